The van der Waals surface area contributed by atoms with E-state index in [9.17, 15) is 0 Å². The number of fused-ring (bicyclic) bond motifs is 1. The third-order valence-electron chi connectivity index (χ3n) is 5.41. The van der Waals surface area contributed by atoms with Gasteiger partial charge in [0.25, 0.3) is 0 Å². The third-order valence-corrected chi connectivity index (χ3v) is 6.08. The molecule has 1 nitrogen and oxygen atoms in total. The molecule has 1 heterocycles. The first kappa shape index (κ1) is 11.4. The maximum Gasteiger partial charge on any atom is 0.0124 e. The highest BCUT2D eigenvalue weighted by Crippen LogP contribution is 2.45. The maximum atomic E-state index is 4.60. The molecule has 0 amide bonds. The highest BCUT2D eigenvalue weighted by Gasteiger charge is 2.42. The van der Waals surface area contributed by atoms with Gasteiger partial charge in [0.05, 0.1) is 0 Å². The van der Waals surface area contributed by atoms with E-state index in [1.54, 1.807) is 0 Å². The molecule has 3 fully saturated rings. The summed E-state index contributed by atoms with van der Waals surface area (Å²) in [6.45, 7) is 2.74. The van der Waals surface area contributed by atoms with Crippen molar-refractivity contribution >= 4 is 12.6 Å². The van der Waals surface area contributed by atoms with Crippen molar-refractivity contribution in [2.24, 2.45) is 11.3 Å². The fraction of sp³-hybridized carbons (Fsp3) is 1.00. The quantitative estimate of drug-likeness (QED) is 0.739. The minimum Gasteiger partial charge on any atom is -0.300 e. The molecule has 0 N–H and O–H groups in total. The molecule has 3 aliphatic rings. The average molecular weight is 239 g/mol. The first-order valence-electron chi connectivity index (χ1n) is 7.18. The van der Waals surface area contributed by atoms with Crippen LogP contribution >= 0.6 is 12.6 Å². The van der Waals surface area contributed by atoms with Crippen LogP contribution in [0.2, 0.25) is 0 Å². The molecule has 2 heteroatoms. The van der Waals surface area contributed by atoms with E-state index in [1.807, 2.05) is 0 Å². The van der Waals surface area contributed by atoms with Crippen molar-refractivity contribution in [2.75, 3.05) is 18.8 Å². The number of hydrogen-bond acceptors (Lipinski definition) is 2. The van der Waals surface area contributed by atoms with Crippen molar-refractivity contribution in [2.45, 2.75) is 57.4 Å². The van der Waals surface area contributed by atoms with Crippen molar-refractivity contribution in [3.8, 4) is 0 Å². The van der Waals surface area contributed by atoms with Crippen LogP contribution in [0, 0.1) is 11.3 Å². The summed E-state index contributed by atoms with van der Waals surface area (Å²) < 4.78 is 0. The van der Waals surface area contributed by atoms with Crippen LogP contribution in [0.4, 0.5) is 0 Å². The van der Waals surface area contributed by atoms with E-state index in [1.165, 1.54) is 64.5 Å². The average Bonchev–Trinajstić information content (AvgIpc) is 2.67. The van der Waals surface area contributed by atoms with Crippen LogP contribution in [0.1, 0.15) is 51.4 Å². The molecule has 0 radical (unpaired) electrons. The fourth-order valence-corrected chi connectivity index (χ4v) is 4.59. The van der Waals surface area contributed by atoms with Crippen LogP contribution in [-0.2, 0) is 0 Å². The second kappa shape index (κ2) is 4.53. The topological polar surface area (TPSA) is 3.24 Å². The van der Waals surface area contributed by atoms with Gasteiger partial charge in [0, 0.05) is 12.6 Å². The van der Waals surface area contributed by atoms with Crippen molar-refractivity contribution in [1.29, 1.82) is 0 Å². The SMILES string of the molecule is SCC1(CN2CCC3CCCCC32)CCC1. The van der Waals surface area contributed by atoms with Crippen LogP contribution < -0.4 is 0 Å². The first-order chi connectivity index (χ1) is 7.83. The highest BCUT2D eigenvalue weighted by atomic mass is 32.1. The first-order valence-corrected chi connectivity index (χ1v) is 7.81. The van der Waals surface area contributed by atoms with Gasteiger partial charge < -0.3 is 0 Å². The Hall–Kier alpha value is 0.310. The minimum absolute atomic E-state index is 0.607. The summed E-state index contributed by atoms with van der Waals surface area (Å²) in [6, 6.07) is 0.950. The van der Waals surface area contributed by atoms with Gasteiger partial charge in [-0.15, -0.1) is 0 Å². The molecular weight excluding hydrogens is 214 g/mol. The summed E-state index contributed by atoms with van der Waals surface area (Å²) in [7, 11) is 0. The zero-order valence-electron chi connectivity index (χ0n) is 10.3. The van der Waals surface area contributed by atoms with Crippen LogP contribution in [0.5, 0.6) is 0 Å². The summed E-state index contributed by atoms with van der Waals surface area (Å²) in [5.74, 6) is 2.16. The normalized spacial score (nSPS) is 38.1. The van der Waals surface area contributed by atoms with Crippen molar-refractivity contribution in [3.05, 3.63) is 0 Å². The van der Waals surface area contributed by atoms with Gasteiger partial charge in [0.2, 0.25) is 0 Å². The smallest absolute Gasteiger partial charge is 0.0124 e. The summed E-state index contributed by atoms with van der Waals surface area (Å²) in [5.41, 5.74) is 0.607. The van der Waals surface area contributed by atoms with E-state index in [2.05, 4.69) is 17.5 Å². The Bertz CT molecular complexity index is 244. The van der Waals surface area contributed by atoms with Crippen LogP contribution in [0.3, 0.4) is 0 Å². The molecule has 1 aliphatic heterocycles. The summed E-state index contributed by atoms with van der Waals surface area (Å²) in [5, 5.41) is 0. The van der Waals surface area contributed by atoms with Gasteiger partial charge in [-0.25, -0.2) is 0 Å². The number of rotatable bonds is 3. The maximum absolute atomic E-state index is 4.60. The molecule has 0 aromatic rings. The molecule has 16 heavy (non-hydrogen) atoms. The monoisotopic (exact) mass is 239 g/mol. The fourth-order valence-electron chi connectivity index (χ4n) is 4.17. The lowest BCUT2D eigenvalue weighted by molar-refractivity contribution is 0.0678. The van der Waals surface area contributed by atoms with Gasteiger partial charge in [-0.1, -0.05) is 19.3 Å². The molecule has 2 saturated carbocycles. The number of likely N-dealkylation sites (tertiary alicyclic amines) is 1. The summed E-state index contributed by atoms with van der Waals surface area (Å²) in [4.78, 5) is 2.83. The Morgan fingerprint density at radius 2 is 1.88 bits per heavy atom. The number of hydrogen-bond donors (Lipinski definition) is 1. The van der Waals surface area contributed by atoms with Gasteiger partial charge in [0.15, 0.2) is 0 Å². The van der Waals surface area contributed by atoms with Crippen molar-refractivity contribution in [1.82, 2.24) is 4.90 Å². The molecule has 0 spiro atoms. The van der Waals surface area contributed by atoms with E-state index >= 15 is 0 Å². The second-order valence-electron chi connectivity index (χ2n) is 6.38. The Morgan fingerprint density at radius 1 is 1.06 bits per heavy atom. The third kappa shape index (κ3) is 1.92. The van der Waals surface area contributed by atoms with Gasteiger partial charge in [-0.05, 0) is 55.7 Å². The number of thiol groups is 1. The van der Waals surface area contributed by atoms with Crippen LogP contribution in [0.25, 0.3) is 0 Å². The Balaban J connectivity index is 1.62. The lowest BCUT2D eigenvalue weighted by Gasteiger charge is -2.45. The Kier molecular flexibility index (Phi) is 3.23. The lowest BCUT2D eigenvalue weighted by Crippen LogP contribution is -2.46. The van der Waals surface area contributed by atoms with Crippen molar-refractivity contribution < 1.29 is 0 Å². The largest absolute Gasteiger partial charge is 0.300 e. The van der Waals surface area contributed by atoms with Crippen LogP contribution in [0.15, 0.2) is 0 Å². The van der Waals surface area contributed by atoms with Crippen molar-refractivity contribution in [3.63, 3.8) is 0 Å². The standard InChI is InChI=1S/C14H25NS/c16-11-14(7-3-8-14)10-15-9-6-12-4-1-2-5-13(12)15/h12-13,16H,1-11H2. The minimum atomic E-state index is 0.607. The highest BCUT2D eigenvalue weighted by molar-refractivity contribution is 7.80. The van der Waals surface area contributed by atoms with Crippen LogP contribution in [-0.4, -0.2) is 29.8 Å². The molecule has 0 bridgehead atoms. The molecule has 2 atom stereocenters. The van der Waals surface area contributed by atoms with Gasteiger partial charge in [-0.3, -0.25) is 4.90 Å². The molecule has 0 aromatic heterocycles. The van der Waals surface area contributed by atoms with E-state index in [4.69, 9.17) is 0 Å². The molecule has 2 aliphatic carbocycles. The van der Waals surface area contributed by atoms with E-state index in [0.717, 1.165) is 17.7 Å². The Labute approximate surface area is 105 Å². The molecule has 2 unspecified atom stereocenters. The summed E-state index contributed by atoms with van der Waals surface area (Å²) >= 11 is 4.60. The predicted octanol–water partition coefficient (Wildman–Crippen LogP) is 3.35. The molecular formula is C14H25NS. The van der Waals surface area contributed by atoms with E-state index in [-0.39, 0.29) is 0 Å². The van der Waals surface area contributed by atoms with Gasteiger partial charge >= 0.3 is 0 Å². The van der Waals surface area contributed by atoms with Gasteiger partial charge in [0.1, 0.15) is 0 Å². The number of nitrogens with zero attached hydrogens (tertiary/aromatic N) is 1. The van der Waals surface area contributed by atoms with E-state index < -0.39 is 0 Å². The molecule has 92 valence electrons. The molecule has 3 rings (SSSR count). The van der Waals surface area contributed by atoms with E-state index in [0.29, 0.717) is 5.41 Å². The predicted molar refractivity (Wildman–Crippen MR) is 72.1 cm³/mol. The second-order valence-corrected chi connectivity index (χ2v) is 6.70. The zero-order chi connectivity index (χ0) is 11.0. The van der Waals surface area contributed by atoms with Gasteiger partial charge in [-0.2, -0.15) is 12.6 Å². The zero-order valence-corrected chi connectivity index (χ0v) is 11.2. The lowest BCUT2D eigenvalue weighted by atomic mass is 9.69. The molecule has 0 aromatic carbocycles. The molecule has 1 saturated heterocycles. The summed E-state index contributed by atoms with van der Waals surface area (Å²) in [6.07, 6.45) is 11.8. The Morgan fingerprint density at radius 3 is 2.56 bits per heavy atom.